The van der Waals surface area contributed by atoms with E-state index in [1.54, 1.807) is 14.1 Å². The molecule has 0 aliphatic heterocycles. The van der Waals surface area contributed by atoms with Crippen LogP contribution in [0.25, 0.3) is 5.76 Å². The summed E-state index contributed by atoms with van der Waals surface area (Å²) in [6.45, 7) is 8.68. The van der Waals surface area contributed by atoms with Gasteiger partial charge in [-0.2, -0.15) is 0 Å². The number of carbonyl (C=O) groups is 3. The van der Waals surface area contributed by atoms with Gasteiger partial charge in [-0.1, -0.05) is 11.6 Å². The average Bonchev–Trinajstić information content (AvgIpc) is 2.81. The van der Waals surface area contributed by atoms with Gasteiger partial charge in [0.15, 0.2) is 11.4 Å². The second kappa shape index (κ2) is 9.92. The number of amides is 1. The summed E-state index contributed by atoms with van der Waals surface area (Å²) in [6, 6.07) is 0.727. The number of fused-ring (bicyclic) bond motifs is 3. The van der Waals surface area contributed by atoms with Crippen molar-refractivity contribution in [1.29, 1.82) is 0 Å². The van der Waals surface area contributed by atoms with E-state index in [2.05, 4.69) is 32.6 Å². The SMILES string of the molecule is CC(C)N(Cc1cc(O)c2c(c1Cl)C[C@H]1C[C@H]3[C@H](N(C)C)C(=O)C(C(N)=O)=C(O)[C@@]3(O)C(=O)C1=C2O)C(C)C. The molecule has 0 saturated heterocycles. The number of rotatable bonds is 6. The van der Waals surface area contributed by atoms with Crippen molar-refractivity contribution in [3.05, 3.63) is 44.7 Å². The van der Waals surface area contributed by atoms with E-state index in [1.165, 1.54) is 11.0 Å². The van der Waals surface area contributed by atoms with E-state index in [9.17, 15) is 34.8 Å². The number of benzene rings is 1. The first kappa shape index (κ1) is 29.1. The van der Waals surface area contributed by atoms with Gasteiger partial charge in [-0.25, -0.2) is 0 Å². The topological polar surface area (TPSA) is 165 Å². The quantitative estimate of drug-likeness (QED) is 0.327. The Balaban J connectivity index is 1.90. The average molecular weight is 562 g/mol. The highest BCUT2D eigenvalue weighted by molar-refractivity contribution is 6.32. The van der Waals surface area contributed by atoms with Crippen LogP contribution in [0.5, 0.6) is 5.75 Å². The molecule has 1 amide bonds. The van der Waals surface area contributed by atoms with Crippen molar-refractivity contribution in [3.8, 4) is 5.75 Å². The van der Waals surface area contributed by atoms with Crippen LogP contribution in [-0.2, 0) is 27.3 Å². The first-order valence-corrected chi connectivity index (χ1v) is 13.4. The molecule has 1 saturated carbocycles. The minimum atomic E-state index is -2.67. The number of Topliss-reactive ketones (excluding diaryl/α,β-unsaturated/α-hetero) is 2. The number of nitrogens with zero attached hydrogens (tertiary/aromatic N) is 2. The maximum absolute atomic E-state index is 13.9. The Labute approximate surface area is 232 Å². The lowest BCUT2D eigenvalue weighted by Crippen LogP contribution is -2.65. The molecule has 0 bridgehead atoms. The number of aliphatic hydroxyl groups excluding tert-OH is 2. The lowest BCUT2D eigenvalue weighted by Gasteiger charge is -2.50. The monoisotopic (exact) mass is 561 g/mol. The van der Waals surface area contributed by atoms with Gasteiger partial charge >= 0.3 is 0 Å². The molecule has 3 aliphatic carbocycles. The number of hydrogen-bond donors (Lipinski definition) is 5. The van der Waals surface area contributed by atoms with Crippen molar-refractivity contribution < 1.29 is 34.8 Å². The van der Waals surface area contributed by atoms with E-state index < -0.39 is 58.0 Å². The highest BCUT2D eigenvalue weighted by Gasteiger charge is 2.64. The van der Waals surface area contributed by atoms with E-state index in [0.29, 0.717) is 22.7 Å². The molecule has 212 valence electrons. The molecule has 0 spiro atoms. The van der Waals surface area contributed by atoms with E-state index in [0.717, 1.165) is 0 Å². The van der Waals surface area contributed by atoms with Gasteiger partial charge in [0.1, 0.15) is 22.8 Å². The van der Waals surface area contributed by atoms with Gasteiger partial charge in [-0.3, -0.25) is 24.2 Å². The molecule has 1 fully saturated rings. The molecule has 11 heteroatoms. The third-order valence-electron chi connectivity index (χ3n) is 8.41. The van der Waals surface area contributed by atoms with Crippen molar-refractivity contribution in [3.63, 3.8) is 0 Å². The number of likely N-dealkylation sites (N-methyl/N-ethyl adjacent to an activating group) is 1. The number of aliphatic hydroxyl groups is 3. The van der Waals surface area contributed by atoms with Gasteiger partial charge in [-0.15, -0.1) is 0 Å². The molecule has 39 heavy (non-hydrogen) atoms. The fourth-order valence-electron chi connectivity index (χ4n) is 6.62. The Hall–Kier alpha value is -2.92. The molecule has 10 nitrogen and oxygen atoms in total. The van der Waals surface area contributed by atoms with Gasteiger partial charge in [-0.05, 0) is 77.7 Å². The zero-order valence-corrected chi connectivity index (χ0v) is 23.7. The largest absolute Gasteiger partial charge is 0.508 e. The Morgan fingerprint density at radius 3 is 2.26 bits per heavy atom. The Morgan fingerprint density at radius 1 is 1.15 bits per heavy atom. The molecule has 0 heterocycles. The molecule has 1 aromatic rings. The van der Waals surface area contributed by atoms with Crippen LogP contribution in [0.2, 0.25) is 5.02 Å². The second-order valence-electron chi connectivity index (χ2n) is 11.5. The number of halogens is 1. The predicted molar refractivity (Wildman–Crippen MR) is 145 cm³/mol. The number of primary amides is 1. The van der Waals surface area contributed by atoms with Gasteiger partial charge in [0.25, 0.3) is 5.91 Å². The second-order valence-corrected chi connectivity index (χ2v) is 11.9. The lowest BCUT2D eigenvalue weighted by molar-refractivity contribution is -0.153. The van der Waals surface area contributed by atoms with Gasteiger partial charge in [0.05, 0.1) is 11.6 Å². The number of phenolic OH excluding ortho intramolecular Hbond substituents is 1. The van der Waals surface area contributed by atoms with Gasteiger partial charge in [0.2, 0.25) is 5.78 Å². The molecule has 1 aromatic carbocycles. The summed E-state index contributed by atoms with van der Waals surface area (Å²) in [5.41, 5.74) is 2.75. The van der Waals surface area contributed by atoms with Gasteiger partial charge < -0.3 is 26.2 Å². The number of carbonyl (C=O) groups excluding carboxylic acids is 3. The minimum absolute atomic E-state index is 0.0111. The summed E-state index contributed by atoms with van der Waals surface area (Å²) in [4.78, 5) is 42.8. The van der Waals surface area contributed by atoms with E-state index in [4.69, 9.17) is 17.3 Å². The molecule has 6 N–H and O–H groups in total. The van der Waals surface area contributed by atoms with Crippen LogP contribution in [0.4, 0.5) is 0 Å². The third-order valence-corrected chi connectivity index (χ3v) is 8.88. The van der Waals surface area contributed by atoms with Gasteiger partial charge in [0, 0.05) is 35.1 Å². The number of aromatic hydroxyl groups is 1. The smallest absolute Gasteiger partial charge is 0.255 e. The zero-order chi connectivity index (χ0) is 29.3. The van der Waals surface area contributed by atoms with E-state index in [-0.39, 0.29) is 41.8 Å². The highest BCUT2D eigenvalue weighted by atomic mass is 35.5. The molecule has 0 aromatic heterocycles. The first-order chi connectivity index (χ1) is 18.0. The fraction of sp³-hybridized carbons (Fsp3) is 0.536. The molecule has 0 unspecified atom stereocenters. The summed E-state index contributed by atoms with van der Waals surface area (Å²) in [5.74, 6) is -6.86. The maximum atomic E-state index is 13.9. The van der Waals surface area contributed by atoms with Crippen LogP contribution < -0.4 is 5.73 Å². The van der Waals surface area contributed by atoms with Crippen LogP contribution in [0, 0.1) is 11.8 Å². The Kier molecular flexibility index (Phi) is 7.40. The lowest BCUT2D eigenvalue weighted by atomic mass is 9.57. The van der Waals surface area contributed by atoms with Crippen molar-refractivity contribution in [1.82, 2.24) is 9.80 Å². The number of ketones is 2. The van der Waals surface area contributed by atoms with Crippen molar-refractivity contribution >= 4 is 34.8 Å². The first-order valence-electron chi connectivity index (χ1n) is 13.0. The minimum Gasteiger partial charge on any atom is -0.508 e. The maximum Gasteiger partial charge on any atom is 0.255 e. The standard InChI is InChI=1S/C28H36ClN3O7/c1-11(2)32(12(3)4)10-14-9-17(33)19-15(21(14)29)7-13-8-16-22(31(5)6)24(35)20(27(30)38)26(37)28(16,39)25(36)18(13)23(19)34/h9,11-13,16,22,33-34,37,39H,7-8,10H2,1-6H3,(H2,30,38)/t13-,16-,22-,28-/m0/s1. The van der Waals surface area contributed by atoms with E-state index >= 15 is 0 Å². The summed E-state index contributed by atoms with van der Waals surface area (Å²) in [6.07, 6.45) is 0.162. The summed E-state index contributed by atoms with van der Waals surface area (Å²) >= 11 is 6.86. The normalized spacial score (nSPS) is 27.0. The summed E-state index contributed by atoms with van der Waals surface area (Å²) in [7, 11) is 3.12. The molecule has 0 radical (unpaired) electrons. The number of hydrogen-bond acceptors (Lipinski definition) is 9. The summed E-state index contributed by atoms with van der Waals surface area (Å²) in [5, 5.41) is 45.3. The number of nitrogens with two attached hydrogens (primary N) is 1. The molecule has 3 aliphatic rings. The third kappa shape index (κ3) is 4.25. The highest BCUT2D eigenvalue weighted by Crippen LogP contribution is 2.53. The van der Waals surface area contributed by atoms with Crippen LogP contribution in [-0.4, -0.2) is 85.5 Å². The molecular weight excluding hydrogens is 526 g/mol. The van der Waals surface area contributed by atoms with Crippen molar-refractivity contribution in [2.24, 2.45) is 17.6 Å². The predicted octanol–water partition coefficient (Wildman–Crippen LogP) is 2.24. The Bertz CT molecular complexity index is 1320. The van der Waals surface area contributed by atoms with Crippen LogP contribution in [0.1, 0.15) is 50.8 Å². The fourth-order valence-corrected chi connectivity index (χ4v) is 6.91. The van der Waals surface area contributed by atoms with E-state index in [1.807, 2.05) is 0 Å². The van der Waals surface area contributed by atoms with Crippen molar-refractivity contribution in [2.45, 2.75) is 70.8 Å². The zero-order valence-electron chi connectivity index (χ0n) is 22.9. The molecular formula is C28H36ClN3O7. The molecule has 4 atom stereocenters. The van der Waals surface area contributed by atoms with Crippen LogP contribution >= 0.6 is 11.6 Å². The van der Waals surface area contributed by atoms with Crippen LogP contribution in [0.15, 0.2) is 23.0 Å². The van der Waals surface area contributed by atoms with Crippen molar-refractivity contribution in [2.75, 3.05) is 14.1 Å². The molecule has 4 rings (SSSR count). The number of phenols is 1. The summed E-state index contributed by atoms with van der Waals surface area (Å²) < 4.78 is 0. The van der Waals surface area contributed by atoms with Crippen LogP contribution in [0.3, 0.4) is 0 Å². The Morgan fingerprint density at radius 2 is 1.74 bits per heavy atom.